The molecule has 11 nitrogen and oxygen atoms in total. The highest BCUT2D eigenvalue weighted by molar-refractivity contribution is 7.54. The van der Waals surface area contributed by atoms with Gasteiger partial charge in [-0.2, -0.15) is 4.98 Å². The van der Waals surface area contributed by atoms with Gasteiger partial charge in [-0.25, -0.2) is 9.18 Å². The summed E-state index contributed by atoms with van der Waals surface area (Å²) in [6.07, 6.45) is -2.57. The number of aliphatic hydroxyl groups excluding tert-OH is 2. The molecule has 2 aromatic rings. The summed E-state index contributed by atoms with van der Waals surface area (Å²) < 4.78 is 38.8. The van der Waals surface area contributed by atoms with Crippen LogP contribution in [-0.2, 0) is 13.8 Å². The number of nitrogens with zero attached hydrogens (tertiary/aromatic N) is 2. The van der Waals surface area contributed by atoms with Crippen LogP contribution in [0.1, 0.15) is 52.0 Å². The molecule has 0 aliphatic heterocycles. The van der Waals surface area contributed by atoms with E-state index in [1.54, 1.807) is 13.0 Å². The summed E-state index contributed by atoms with van der Waals surface area (Å²) in [5.41, 5.74) is 0.322. The minimum atomic E-state index is -4.75. The number of nitrogens with one attached hydrogen (secondary N) is 1. The topological polar surface area (TPSA) is 167 Å². The maximum absolute atomic E-state index is 15.2. The highest BCUT2D eigenvalue weighted by Crippen LogP contribution is 2.59. The fourth-order valence-electron chi connectivity index (χ4n) is 2.93. The molecule has 2 aromatic heterocycles. The Morgan fingerprint density at radius 2 is 2.03 bits per heavy atom. The van der Waals surface area contributed by atoms with Crippen molar-refractivity contribution in [3.05, 3.63) is 28.4 Å². The average molecular weight is 479 g/mol. The van der Waals surface area contributed by atoms with Crippen molar-refractivity contribution in [3.8, 4) is 0 Å². The van der Waals surface area contributed by atoms with Gasteiger partial charge in [-0.3, -0.25) is 13.7 Å². The summed E-state index contributed by atoms with van der Waals surface area (Å²) in [5.74, 6) is -2.62. The minimum Gasteiger partial charge on any atom is -0.394 e. The minimum absolute atomic E-state index is 0.140. The zero-order valence-electron chi connectivity index (χ0n) is 18.5. The van der Waals surface area contributed by atoms with Crippen LogP contribution in [0.4, 0.5) is 4.39 Å². The van der Waals surface area contributed by atoms with E-state index in [1.807, 2.05) is 0 Å². The van der Waals surface area contributed by atoms with Gasteiger partial charge in [-0.05, 0) is 26.3 Å². The summed E-state index contributed by atoms with van der Waals surface area (Å²) in [4.78, 5) is 29.2. The van der Waals surface area contributed by atoms with Gasteiger partial charge in [0.2, 0.25) is 5.85 Å². The molecule has 0 saturated carbocycles. The average Bonchev–Trinajstić information content (AvgIpc) is 3.08. The van der Waals surface area contributed by atoms with E-state index in [4.69, 9.17) is 9.26 Å². The number of rotatable bonds is 12. The largest absolute Gasteiger partial charge is 0.394 e. The number of aliphatic hydroxyl groups is 3. The van der Waals surface area contributed by atoms with E-state index >= 15 is 4.39 Å². The Labute approximate surface area is 184 Å². The third-order valence-corrected chi connectivity index (χ3v) is 7.42. The van der Waals surface area contributed by atoms with Gasteiger partial charge in [0.25, 0.3) is 0 Å². The summed E-state index contributed by atoms with van der Waals surface area (Å²) >= 11 is 0. The third kappa shape index (κ3) is 5.82. The molecule has 0 aliphatic carbocycles. The number of hydrogen-bond donors (Lipinski definition) is 5. The summed E-state index contributed by atoms with van der Waals surface area (Å²) in [6.45, 7) is 4.49. The second kappa shape index (κ2) is 10.1. The Bertz CT molecular complexity index is 1030. The van der Waals surface area contributed by atoms with Gasteiger partial charge in [-0.1, -0.05) is 13.8 Å². The fraction of sp³-hybridized carbons (Fsp3) is 0.684. The maximum Gasteiger partial charge on any atom is 0.361 e. The highest BCUT2D eigenvalue weighted by Gasteiger charge is 2.48. The number of aromatic amines is 1. The van der Waals surface area contributed by atoms with Gasteiger partial charge in [-0.15, -0.1) is 0 Å². The van der Waals surface area contributed by atoms with Crippen molar-refractivity contribution in [1.29, 1.82) is 0 Å². The van der Waals surface area contributed by atoms with Crippen molar-refractivity contribution >= 4 is 18.6 Å². The van der Waals surface area contributed by atoms with Crippen molar-refractivity contribution in [2.24, 2.45) is 0 Å². The normalized spacial score (nSPS) is 19.8. The SMILES string of the molecule is CCC(F)(CCO[C@H]([C@H](O)CO)n1cc2cc(C)[nH]c2nc1=O)OP(=O)(O)C(C)(O)CC. The highest BCUT2D eigenvalue weighted by atomic mass is 31.2. The first-order valence-corrected chi connectivity index (χ1v) is 11.8. The lowest BCUT2D eigenvalue weighted by atomic mass is 10.2. The molecule has 3 unspecified atom stereocenters. The monoisotopic (exact) mass is 479 g/mol. The molecule has 0 aromatic carbocycles. The smallest absolute Gasteiger partial charge is 0.361 e. The lowest BCUT2D eigenvalue weighted by Gasteiger charge is -2.33. The van der Waals surface area contributed by atoms with Crippen LogP contribution in [0.5, 0.6) is 0 Å². The second-order valence-electron chi connectivity index (χ2n) is 7.87. The summed E-state index contributed by atoms with van der Waals surface area (Å²) in [5, 5.41) is 28.0. The van der Waals surface area contributed by atoms with Crippen molar-refractivity contribution in [2.75, 3.05) is 13.2 Å². The Morgan fingerprint density at radius 3 is 2.59 bits per heavy atom. The van der Waals surface area contributed by atoms with E-state index in [1.165, 1.54) is 20.0 Å². The molecule has 2 rings (SSSR count). The molecule has 0 saturated heterocycles. The van der Waals surface area contributed by atoms with E-state index in [2.05, 4.69) is 9.97 Å². The van der Waals surface area contributed by atoms with E-state index in [-0.39, 0.29) is 12.8 Å². The van der Waals surface area contributed by atoms with Crippen molar-refractivity contribution < 1.29 is 38.4 Å². The third-order valence-electron chi connectivity index (χ3n) is 5.32. The predicted molar refractivity (Wildman–Crippen MR) is 114 cm³/mol. The van der Waals surface area contributed by atoms with Crippen molar-refractivity contribution in [1.82, 2.24) is 14.5 Å². The predicted octanol–water partition coefficient (Wildman–Crippen LogP) is 1.69. The number of ether oxygens (including phenoxy) is 1. The molecule has 0 fully saturated rings. The van der Waals surface area contributed by atoms with Crippen LogP contribution in [0.2, 0.25) is 0 Å². The molecule has 0 spiro atoms. The number of aromatic nitrogens is 3. The maximum atomic E-state index is 15.2. The number of H-pyrrole nitrogens is 1. The van der Waals surface area contributed by atoms with E-state index < -0.39 is 56.4 Å². The molecule has 0 amide bonds. The molecule has 5 atom stereocenters. The summed E-state index contributed by atoms with van der Waals surface area (Å²) in [6, 6.07) is 1.72. The van der Waals surface area contributed by atoms with Crippen LogP contribution in [0.25, 0.3) is 11.0 Å². The number of halogens is 1. The number of hydrogen-bond acceptors (Lipinski definition) is 8. The Kier molecular flexibility index (Phi) is 8.38. The standard InChI is InChI=1S/C19H31FN3O8P/c1-5-18(4,27)32(28,29)31-19(20,6-2)7-8-30-16(14(25)11-24)23-10-13-9-12(3)21-15(13)22-17(23)26/h9-10,14,16,24-25,27H,5-8,11H2,1-4H3,(H,28,29)(H,21,22,26)/t14-,16-,18?,19?/m1/s1. The van der Waals surface area contributed by atoms with Gasteiger partial charge in [0.15, 0.2) is 11.6 Å². The quantitative estimate of drug-likeness (QED) is 0.285. The molecular formula is C19H31FN3O8P. The van der Waals surface area contributed by atoms with Gasteiger partial charge in [0.1, 0.15) is 11.8 Å². The lowest BCUT2D eigenvalue weighted by molar-refractivity contribution is -0.137. The van der Waals surface area contributed by atoms with E-state index in [0.29, 0.717) is 11.0 Å². The van der Waals surface area contributed by atoms with Crippen LogP contribution < -0.4 is 5.69 Å². The van der Waals surface area contributed by atoms with Crippen molar-refractivity contribution in [3.63, 3.8) is 0 Å². The molecule has 5 N–H and O–H groups in total. The first kappa shape index (κ1) is 26.6. The molecular weight excluding hydrogens is 448 g/mol. The van der Waals surface area contributed by atoms with Crippen LogP contribution >= 0.6 is 7.60 Å². The number of fused-ring (bicyclic) bond motifs is 1. The van der Waals surface area contributed by atoms with Gasteiger partial charge in [0.05, 0.1) is 13.2 Å². The van der Waals surface area contributed by atoms with Crippen LogP contribution in [0.3, 0.4) is 0 Å². The number of aryl methyl sites for hydroxylation is 1. The van der Waals surface area contributed by atoms with E-state index in [0.717, 1.165) is 17.2 Å². The van der Waals surface area contributed by atoms with Gasteiger partial charge < -0.3 is 29.9 Å². The summed E-state index contributed by atoms with van der Waals surface area (Å²) in [7, 11) is -4.75. The fourth-order valence-corrected chi connectivity index (χ4v) is 4.19. The lowest BCUT2D eigenvalue weighted by Crippen LogP contribution is -2.38. The first-order chi connectivity index (χ1) is 14.8. The molecule has 13 heteroatoms. The van der Waals surface area contributed by atoms with E-state index in [9.17, 15) is 29.6 Å². The molecule has 182 valence electrons. The first-order valence-electron chi connectivity index (χ1n) is 10.2. The molecule has 0 radical (unpaired) electrons. The van der Waals surface area contributed by atoms with Crippen LogP contribution in [-0.4, -0.2) is 65.3 Å². The number of alkyl halides is 1. The van der Waals surface area contributed by atoms with Gasteiger partial charge >= 0.3 is 13.3 Å². The molecule has 0 bridgehead atoms. The molecule has 2 heterocycles. The molecule has 0 aliphatic rings. The molecule has 32 heavy (non-hydrogen) atoms. The van der Waals surface area contributed by atoms with Crippen LogP contribution in [0, 0.1) is 6.92 Å². The van der Waals surface area contributed by atoms with Crippen LogP contribution in [0.15, 0.2) is 17.1 Å². The zero-order valence-corrected chi connectivity index (χ0v) is 19.4. The van der Waals surface area contributed by atoms with Crippen molar-refractivity contribution in [2.45, 2.75) is 70.5 Å². The Hall–Kier alpha value is -1.66. The van der Waals surface area contributed by atoms with Gasteiger partial charge in [0, 0.05) is 30.1 Å². The Balaban J connectivity index is 2.21. The zero-order chi connectivity index (χ0) is 24.3. The second-order valence-corrected chi connectivity index (χ2v) is 10.1. The Morgan fingerprint density at radius 1 is 1.38 bits per heavy atom.